The summed E-state index contributed by atoms with van der Waals surface area (Å²) in [4.78, 5) is 22.5. The Bertz CT molecular complexity index is 888. The average Bonchev–Trinajstić information content (AvgIpc) is 2.73. The Kier molecular flexibility index (Phi) is 9.50. The van der Waals surface area contributed by atoms with Crippen LogP contribution in [0, 0.1) is 6.92 Å². The SMILES string of the molecule is CCNC(=NCc1ccc(CN(C)C(=O)OC(C)(C)C)cc1)NCCc1ccncc1C. The van der Waals surface area contributed by atoms with Crippen LogP contribution in [0.1, 0.15) is 49.9 Å². The van der Waals surface area contributed by atoms with Gasteiger partial charge in [0.2, 0.25) is 0 Å². The Morgan fingerprint density at radius 3 is 2.44 bits per heavy atom. The van der Waals surface area contributed by atoms with Gasteiger partial charge in [0.15, 0.2) is 5.96 Å². The molecule has 2 aromatic rings. The van der Waals surface area contributed by atoms with E-state index in [9.17, 15) is 4.79 Å². The molecule has 0 atom stereocenters. The van der Waals surface area contributed by atoms with Crippen molar-refractivity contribution in [2.24, 2.45) is 4.99 Å². The minimum absolute atomic E-state index is 0.325. The molecule has 0 aliphatic heterocycles. The number of aliphatic imine (C=N–C) groups is 1. The molecule has 0 fully saturated rings. The third-order valence-corrected chi connectivity index (χ3v) is 4.74. The molecule has 1 amide bonds. The van der Waals surface area contributed by atoms with Crippen LogP contribution in [0.2, 0.25) is 0 Å². The first-order chi connectivity index (χ1) is 15.2. The number of hydrogen-bond acceptors (Lipinski definition) is 4. The van der Waals surface area contributed by atoms with Crippen molar-refractivity contribution < 1.29 is 9.53 Å². The van der Waals surface area contributed by atoms with Gasteiger partial charge in [0, 0.05) is 39.1 Å². The fraction of sp³-hybridized carbons (Fsp3) is 0.480. The van der Waals surface area contributed by atoms with Crippen molar-refractivity contribution >= 4 is 12.1 Å². The molecule has 7 nitrogen and oxygen atoms in total. The molecule has 0 bridgehead atoms. The third kappa shape index (κ3) is 8.96. The van der Waals surface area contributed by atoms with E-state index in [1.165, 1.54) is 11.1 Å². The molecule has 0 saturated heterocycles. The summed E-state index contributed by atoms with van der Waals surface area (Å²) < 4.78 is 5.40. The van der Waals surface area contributed by atoms with Crippen LogP contribution in [0.25, 0.3) is 0 Å². The zero-order chi connectivity index (χ0) is 23.6. The van der Waals surface area contributed by atoms with Crippen molar-refractivity contribution in [1.29, 1.82) is 0 Å². The van der Waals surface area contributed by atoms with E-state index in [0.717, 1.165) is 36.6 Å². The van der Waals surface area contributed by atoms with E-state index in [0.29, 0.717) is 13.1 Å². The highest BCUT2D eigenvalue weighted by Gasteiger charge is 2.19. The predicted octanol–water partition coefficient (Wildman–Crippen LogP) is 4.05. The number of nitrogens with zero attached hydrogens (tertiary/aromatic N) is 3. The first-order valence-corrected chi connectivity index (χ1v) is 11.1. The number of guanidine groups is 1. The molecule has 174 valence electrons. The number of carbonyl (C=O) groups excluding carboxylic acids is 1. The molecular formula is C25H37N5O2. The van der Waals surface area contributed by atoms with Gasteiger partial charge >= 0.3 is 6.09 Å². The van der Waals surface area contributed by atoms with Gasteiger partial charge in [0.05, 0.1) is 6.54 Å². The van der Waals surface area contributed by atoms with Gasteiger partial charge in [-0.3, -0.25) is 4.98 Å². The topological polar surface area (TPSA) is 78.9 Å². The lowest BCUT2D eigenvalue weighted by atomic mass is 10.1. The summed E-state index contributed by atoms with van der Waals surface area (Å²) in [6.07, 6.45) is 4.31. The van der Waals surface area contributed by atoms with Crippen molar-refractivity contribution in [3.05, 3.63) is 65.0 Å². The van der Waals surface area contributed by atoms with Gasteiger partial charge in [-0.15, -0.1) is 0 Å². The first kappa shape index (κ1) is 25.2. The lowest BCUT2D eigenvalue weighted by molar-refractivity contribution is 0.0285. The number of aryl methyl sites for hydroxylation is 1. The number of nitrogens with one attached hydrogen (secondary N) is 2. The van der Waals surface area contributed by atoms with Crippen molar-refractivity contribution in [1.82, 2.24) is 20.5 Å². The number of rotatable bonds is 8. The highest BCUT2D eigenvalue weighted by Crippen LogP contribution is 2.12. The monoisotopic (exact) mass is 439 g/mol. The molecule has 1 heterocycles. The highest BCUT2D eigenvalue weighted by molar-refractivity contribution is 5.79. The molecule has 0 aliphatic rings. The zero-order valence-corrected chi connectivity index (χ0v) is 20.2. The Morgan fingerprint density at radius 2 is 1.81 bits per heavy atom. The largest absolute Gasteiger partial charge is 0.444 e. The summed E-state index contributed by atoms with van der Waals surface area (Å²) >= 11 is 0. The van der Waals surface area contributed by atoms with Gasteiger partial charge in [-0.05, 0) is 69.4 Å². The van der Waals surface area contributed by atoms with Gasteiger partial charge in [-0.2, -0.15) is 0 Å². The Morgan fingerprint density at radius 1 is 1.12 bits per heavy atom. The molecule has 0 spiro atoms. The molecular weight excluding hydrogens is 402 g/mol. The second-order valence-electron chi connectivity index (χ2n) is 8.83. The van der Waals surface area contributed by atoms with Crippen LogP contribution in [0.15, 0.2) is 47.7 Å². The lowest BCUT2D eigenvalue weighted by Crippen LogP contribution is -2.38. The third-order valence-electron chi connectivity index (χ3n) is 4.74. The van der Waals surface area contributed by atoms with Crippen molar-refractivity contribution in [2.75, 3.05) is 20.1 Å². The second kappa shape index (κ2) is 12.1. The summed E-state index contributed by atoms with van der Waals surface area (Å²) in [5, 5.41) is 6.69. The number of amides is 1. The number of hydrogen-bond donors (Lipinski definition) is 2. The van der Waals surface area contributed by atoms with Crippen molar-refractivity contribution in [3.8, 4) is 0 Å². The van der Waals surface area contributed by atoms with E-state index >= 15 is 0 Å². The van der Waals surface area contributed by atoms with Gasteiger partial charge in [0.1, 0.15) is 5.60 Å². The van der Waals surface area contributed by atoms with Crippen LogP contribution in [-0.2, 0) is 24.2 Å². The number of aromatic nitrogens is 1. The van der Waals surface area contributed by atoms with Crippen LogP contribution in [-0.4, -0.2) is 47.7 Å². The van der Waals surface area contributed by atoms with E-state index in [4.69, 9.17) is 9.73 Å². The van der Waals surface area contributed by atoms with Crippen molar-refractivity contribution in [2.45, 2.75) is 59.7 Å². The molecule has 1 aromatic heterocycles. The summed E-state index contributed by atoms with van der Waals surface area (Å²) in [6, 6.07) is 10.2. The summed E-state index contributed by atoms with van der Waals surface area (Å²) in [5.74, 6) is 0.799. The minimum atomic E-state index is -0.497. The van der Waals surface area contributed by atoms with Gasteiger partial charge < -0.3 is 20.3 Å². The van der Waals surface area contributed by atoms with Crippen LogP contribution >= 0.6 is 0 Å². The fourth-order valence-electron chi connectivity index (χ4n) is 3.04. The first-order valence-electron chi connectivity index (χ1n) is 11.1. The maximum atomic E-state index is 12.1. The number of pyridine rings is 1. The summed E-state index contributed by atoms with van der Waals surface area (Å²) in [7, 11) is 1.74. The molecule has 0 radical (unpaired) electrons. The minimum Gasteiger partial charge on any atom is -0.444 e. The smallest absolute Gasteiger partial charge is 0.410 e. The zero-order valence-electron chi connectivity index (χ0n) is 20.2. The van der Waals surface area contributed by atoms with E-state index in [1.54, 1.807) is 11.9 Å². The van der Waals surface area contributed by atoms with Crippen LogP contribution in [0.3, 0.4) is 0 Å². The average molecular weight is 440 g/mol. The van der Waals surface area contributed by atoms with Gasteiger partial charge in [0.25, 0.3) is 0 Å². The molecule has 2 N–H and O–H groups in total. The van der Waals surface area contributed by atoms with Crippen LogP contribution in [0.4, 0.5) is 4.79 Å². The maximum Gasteiger partial charge on any atom is 0.410 e. The molecule has 0 saturated carbocycles. The Hall–Kier alpha value is -3.09. The number of carbonyl (C=O) groups is 1. The summed E-state index contributed by atoms with van der Waals surface area (Å²) in [5.41, 5.74) is 4.14. The molecule has 1 aromatic carbocycles. The second-order valence-corrected chi connectivity index (χ2v) is 8.83. The van der Waals surface area contributed by atoms with Gasteiger partial charge in [-0.1, -0.05) is 24.3 Å². The lowest BCUT2D eigenvalue weighted by Gasteiger charge is -2.24. The summed E-state index contributed by atoms with van der Waals surface area (Å²) in [6.45, 7) is 12.4. The highest BCUT2D eigenvalue weighted by atomic mass is 16.6. The normalized spacial score (nSPS) is 11.8. The predicted molar refractivity (Wildman–Crippen MR) is 130 cm³/mol. The van der Waals surface area contributed by atoms with E-state index < -0.39 is 5.60 Å². The number of benzene rings is 1. The Balaban J connectivity index is 1.88. The molecule has 32 heavy (non-hydrogen) atoms. The fourth-order valence-corrected chi connectivity index (χ4v) is 3.04. The quantitative estimate of drug-likeness (QED) is 0.479. The number of ether oxygens (including phenoxy) is 1. The van der Waals surface area contributed by atoms with Crippen LogP contribution < -0.4 is 10.6 Å². The molecule has 7 heteroatoms. The Labute approximate surface area is 192 Å². The standard InChI is InChI=1S/C25H37N5O2/c1-7-27-23(28-15-13-22-12-14-26-16-19(22)2)29-17-20-8-10-21(11-9-20)18-30(6)24(31)32-25(3,4)5/h8-12,14,16H,7,13,15,17-18H2,1-6H3,(H2,27,28,29). The maximum absolute atomic E-state index is 12.1. The molecule has 0 aliphatic carbocycles. The molecule has 0 unspecified atom stereocenters. The van der Waals surface area contributed by atoms with Crippen molar-refractivity contribution in [3.63, 3.8) is 0 Å². The van der Waals surface area contributed by atoms with Crippen LogP contribution in [0.5, 0.6) is 0 Å². The van der Waals surface area contributed by atoms with Gasteiger partial charge in [-0.25, -0.2) is 9.79 Å². The molecule has 2 rings (SSSR count). The van der Waals surface area contributed by atoms with E-state index in [-0.39, 0.29) is 6.09 Å². The van der Waals surface area contributed by atoms with E-state index in [2.05, 4.69) is 35.5 Å². The van der Waals surface area contributed by atoms with E-state index in [1.807, 2.05) is 57.4 Å².